The number of ether oxygens (including phenoxy) is 1. The molecule has 1 unspecified atom stereocenters. The largest absolute Gasteiger partial charge is 0.430 e. The SMILES string of the molecule is C=C1COCC(C)N1C.CC.CC.CO.OC(c1cnc(N2CCN(S(O)(O)c3nccs3)CC2)nc1)(C(F)(F)F)C(F)(F)F. The molecule has 2 aromatic rings. The number of aliphatic hydroxyl groups is 2. The minimum atomic E-state index is -6.02. The molecule has 0 amide bonds. The topological polar surface area (TPSA) is 139 Å². The highest BCUT2D eigenvalue weighted by Crippen LogP contribution is 2.53. The zero-order chi connectivity index (χ0) is 35.2. The lowest BCUT2D eigenvalue weighted by Crippen LogP contribution is -2.54. The third-order valence-corrected chi connectivity index (χ3v) is 9.37. The van der Waals surface area contributed by atoms with Crippen molar-refractivity contribution in [2.24, 2.45) is 0 Å². The molecular weight excluding hydrogens is 654 g/mol. The van der Waals surface area contributed by atoms with Crippen molar-refractivity contribution in [1.29, 1.82) is 0 Å². The summed E-state index contributed by atoms with van der Waals surface area (Å²) in [6.07, 6.45) is -10.1. The second kappa shape index (κ2) is 18.8. The number of piperazine rings is 1. The zero-order valence-corrected chi connectivity index (χ0v) is 27.9. The Bertz CT molecular complexity index is 1090. The molecule has 2 saturated heterocycles. The Morgan fingerprint density at radius 3 is 1.80 bits per heavy atom. The van der Waals surface area contributed by atoms with Crippen molar-refractivity contribution in [2.45, 2.75) is 63.0 Å². The van der Waals surface area contributed by atoms with E-state index < -0.39 is 34.3 Å². The van der Waals surface area contributed by atoms with Crippen LogP contribution in [0.15, 0.2) is 40.6 Å². The molecule has 4 rings (SSSR count). The van der Waals surface area contributed by atoms with E-state index in [9.17, 15) is 40.6 Å². The molecule has 2 aliphatic rings. The van der Waals surface area contributed by atoms with Crippen LogP contribution >= 0.6 is 22.1 Å². The van der Waals surface area contributed by atoms with Gasteiger partial charge in [0.2, 0.25) is 10.3 Å². The minimum absolute atomic E-state index is 0.113. The summed E-state index contributed by atoms with van der Waals surface area (Å²) in [7, 11) is -0.242. The average Bonchev–Trinajstić information content (AvgIpc) is 3.58. The van der Waals surface area contributed by atoms with Crippen LogP contribution in [0, 0.1) is 0 Å². The van der Waals surface area contributed by atoms with Crippen molar-refractivity contribution in [3.8, 4) is 0 Å². The van der Waals surface area contributed by atoms with E-state index in [0.29, 0.717) is 12.6 Å². The number of hydrogen-bond acceptors (Lipinski definition) is 12. The van der Waals surface area contributed by atoms with E-state index in [2.05, 4.69) is 40.4 Å². The van der Waals surface area contributed by atoms with Gasteiger partial charge in [0.25, 0.3) is 5.60 Å². The number of thiazole rings is 1. The first-order valence-electron chi connectivity index (χ1n) is 13.8. The van der Waals surface area contributed by atoms with E-state index >= 15 is 0 Å². The van der Waals surface area contributed by atoms with Gasteiger partial charge in [-0.2, -0.15) is 30.6 Å². The Balaban J connectivity index is 0.00000108. The fourth-order valence-corrected chi connectivity index (χ4v) is 6.09. The summed E-state index contributed by atoms with van der Waals surface area (Å²) in [4.78, 5) is 14.6. The predicted molar refractivity (Wildman–Crippen MR) is 163 cm³/mol. The number of alkyl halides is 6. The van der Waals surface area contributed by atoms with Crippen molar-refractivity contribution in [1.82, 2.24) is 24.2 Å². The first-order valence-corrected chi connectivity index (χ1v) is 16.2. The summed E-state index contributed by atoms with van der Waals surface area (Å²) in [6, 6.07) is 0.492. The molecule has 19 heteroatoms. The lowest BCUT2D eigenvalue weighted by atomic mass is 9.95. The number of likely N-dealkylation sites (N-methyl/N-ethyl adjacent to an activating group) is 1. The van der Waals surface area contributed by atoms with Crippen molar-refractivity contribution < 1.29 is 50.4 Å². The van der Waals surface area contributed by atoms with Gasteiger partial charge in [0, 0.05) is 81.6 Å². The monoisotopic (exact) mass is 698 g/mol. The van der Waals surface area contributed by atoms with Gasteiger partial charge in [0.15, 0.2) is 0 Å². The Kier molecular flexibility index (Phi) is 17.8. The van der Waals surface area contributed by atoms with Gasteiger partial charge in [-0.3, -0.25) is 9.11 Å². The molecule has 0 bridgehead atoms. The van der Waals surface area contributed by atoms with Gasteiger partial charge in [-0.05, 0) is 6.92 Å². The number of hydrogen-bond donors (Lipinski definition) is 4. The Hall–Kier alpha value is -2.26. The first kappa shape index (κ1) is 42.7. The molecule has 11 nitrogen and oxygen atoms in total. The fourth-order valence-electron chi connectivity index (χ4n) is 3.63. The van der Waals surface area contributed by atoms with E-state index in [1.807, 2.05) is 27.7 Å². The number of morpholine rings is 1. The summed E-state index contributed by atoms with van der Waals surface area (Å²) >= 11 is 1.07. The molecule has 4 heterocycles. The molecule has 0 aromatic carbocycles. The van der Waals surface area contributed by atoms with Crippen LogP contribution in [0.4, 0.5) is 32.3 Å². The van der Waals surface area contributed by atoms with Gasteiger partial charge < -0.3 is 24.7 Å². The Morgan fingerprint density at radius 2 is 1.42 bits per heavy atom. The van der Waals surface area contributed by atoms with Crippen LogP contribution in [-0.2, 0) is 10.3 Å². The standard InChI is InChI=1S/C14H15F6N5O3S2.C7H13NO.2C2H6.CH4O/c15-13(16,17)12(26,14(18,19)20)9-7-22-10(23-8-9)24-2-4-25(5-3-24)30(27,28)11-21-1-6-29-11;1-6-4-9-5-7(2)8(6)3;3*1-2/h1,6-8,26-28H,2-5H2;7H,1,4-5H2,2-3H3;2*1-2H3;2H,1H3. The lowest BCUT2D eigenvalue weighted by Gasteiger charge is -2.45. The molecular formula is C26H44F6N6O5S2. The van der Waals surface area contributed by atoms with Gasteiger partial charge >= 0.3 is 12.4 Å². The van der Waals surface area contributed by atoms with E-state index in [-0.39, 0.29) is 48.9 Å². The van der Waals surface area contributed by atoms with E-state index in [1.54, 1.807) is 5.38 Å². The second-order valence-corrected chi connectivity index (χ2v) is 11.8. The van der Waals surface area contributed by atoms with E-state index in [1.165, 1.54) is 15.4 Å². The molecule has 1 atom stereocenters. The third-order valence-electron chi connectivity index (χ3n) is 6.19. The molecule has 45 heavy (non-hydrogen) atoms. The molecule has 0 spiro atoms. The highest BCUT2D eigenvalue weighted by atomic mass is 32.3. The smallest absolute Gasteiger partial charge is 0.400 e. The van der Waals surface area contributed by atoms with Crippen LogP contribution in [0.1, 0.15) is 40.2 Å². The van der Waals surface area contributed by atoms with Crippen molar-refractivity contribution in [3.05, 3.63) is 41.8 Å². The quantitative estimate of drug-likeness (QED) is 0.297. The highest BCUT2D eigenvalue weighted by Gasteiger charge is 2.71. The minimum Gasteiger partial charge on any atom is -0.400 e. The summed E-state index contributed by atoms with van der Waals surface area (Å²) in [5.74, 6) is -0.157. The lowest BCUT2D eigenvalue weighted by molar-refractivity contribution is -0.376. The highest BCUT2D eigenvalue weighted by molar-refractivity contribution is 8.23. The predicted octanol–water partition coefficient (Wildman–Crippen LogP) is 5.60. The van der Waals surface area contributed by atoms with Crippen LogP contribution in [0.3, 0.4) is 0 Å². The summed E-state index contributed by atoms with van der Waals surface area (Å²) in [5.41, 5.74) is -5.57. The Morgan fingerprint density at radius 1 is 0.933 bits per heavy atom. The molecule has 2 aliphatic heterocycles. The Labute approximate surface area is 265 Å². The molecule has 4 N–H and O–H groups in total. The van der Waals surface area contributed by atoms with Gasteiger partial charge in [0.05, 0.1) is 13.2 Å². The molecule has 0 aliphatic carbocycles. The molecule has 0 saturated carbocycles. The maximum Gasteiger partial charge on any atom is 0.430 e. The van der Waals surface area contributed by atoms with Crippen molar-refractivity contribution >= 4 is 28.1 Å². The van der Waals surface area contributed by atoms with Crippen molar-refractivity contribution in [2.75, 3.05) is 58.5 Å². The van der Waals surface area contributed by atoms with Crippen LogP contribution < -0.4 is 4.90 Å². The number of rotatable bonds is 4. The number of aromatic nitrogens is 3. The van der Waals surface area contributed by atoms with E-state index in [0.717, 1.165) is 30.8 Å². The van der Waals surface area contributed by atoms with Crippen LogP contribution in [0.2, 0.25) is 0 Å². The zero-order valence-electron chi connectivity index (χ0n) is 26.3. The molecule has 0 radical (unpaired) electrons. The summed E-state index contributed by atoms with van der Waals surface area (Å²) in [6.45, 7) is 16.0. The molecule has 2 aromatic heterocycles. The normalized spacial score (nSPS) is 18.2. The van der Waals surface area contributed by atoms with Crippen LogP contribution in [0.5, 0.6) is 0 Å². The maximum absolute atomic E-state index is 12.9. The van der Waals surface area contributed by atoms with E-state index in [4.69, 9.17) is 9.84 Å². The van der Waals surface area contributed by atoms with Crippen molar-refractivity contribution in [3.63, 3.8) is 0 Å². The summed E-state index contributed by atoms with van der Waals surface area (Å²) in [5, 5.41) is 17.9. The van der Waals surface area contributed by atoms with Crippen LogP contribution in [0.25, 0.3) is 0 Å². The van der Waals surface area contributed by atoms with Gasteiger partial charge in [-0.25, -0.2) is 15.0 Å². The average molecular weight is 699 g/mol. The fraction of sp³-hybridized carbons (Fsp3) is 0.654. The number of aliphatic hydroxyl groups excluding tert-OH is 1. The second-order valence-electron chi connectivity index (χ2n) is 8.75. The number of nitrogens with zero attached hydrogens (tertiary/aromatic N) is 6. The number of halogens is 6. The summed E-state index contributed by atoms with van der Waals surface area (Å²) < 4.78 is 105. The molecule has 2 fully saturated rings. The van der Waals surface area contributed by atoms with Gasteiger partial charge in [0.1, 0.15) is 0 Å². The maximum atomic E-state index is 12.9. The first-order chi connectivity index (χ1) is 21.0. The van der Waals surface area contributed by atoms with Crippen LogP contribution in [-0.4, -0.2) is 115 Å². The van der Waals surface area contributed by atoms with Gasteiger partial charge in [-0.1, -0.05) is 45.0 Å². The number of anilines is 1. The molecule has 262 valence electrons. The van der Waals surface area contributed by atoms with Gasteiger partial charge in [-0.15, -0.1) is 11.3 Å². The third kappa shape index (κ3) is 10.6.